The zero-order chi connectivity index (χ0) is 21.2. The second kappa shape index (κ2) is 11.2. The summed E-state index contributed by atoms with van der Waals surface area (Å²) in [7, 11) is 1.41. The minimum atomic E-state index is -0.254. The molecule has 8 nitrogen and oxygen atoms in total. The molecule has 29 heavy (non-hydrogen) atoms. The monoisotopic (exact) mass is 405 g/mol. The van der Waals surface area contributed by atoms with Crippen molar-refractivity contribution in [3.63, 3.8) is 0 Å². The van der Waals surface area contributed by atoms with Crippen LogP contribution in [0.2, 0.25) is 0 Å². The molecule has 4 N–H and O–H groups in total. The van der Waals surface area contributed by atoms with Crippen LogP contribution in [-0.4, -0.2) is 59.4 Å². The Hall–Kier alpha value is -2.84. The lowest BCUT2D eigenvalue weighted by atomic mass is 10.0. The predicted molar refractivity (Wildman–Crippen MR) is 118 cm³/mol. The van der Waals surface area contributed by atoms with E-state index in [-0.39, 0.29) is 8.95 Å². The number of nitrogens with two attached hydrogens (primary N) is 1. The Morgan fingerprint density at radius 3 is 2.52 bits per heavy atom. The van der Waals surface area contributed by atoms with Crippen molar-refractivity contribution in [2.24, 2.45) is 0 Å². The molecule has 1 aromatic heterocycles. The van der Waals surface area contributed by atoms with E-state index in [4.69, 9.17) is 10.5 Å². The fourth-order valence-electron chi connectivity index (χ4n) is 3.24. The topological polar surface area (TPSA) is 104 Å². The van der Waals surface area contributed by atoms with E-state index in [1.165, 1.54) is 12.7 Å². The van der Waals surface area contributed by atoms with Crippen LogP contribution >= 0.6 is 0 Å². The average Bonchev–Trinajstić information content (AvgIpc) is 2.76. The molecular formula is C21H35N5O3. The van der Waals surface area contributed by atoms with Crippen molar-refractivity contribution in [2.75, 3.05) is 44.5 Å². The van der Waals surface area contributed by atoms with Gasteiger partial charge >= 0.3 is 6.09 Å². The number of amides is 1. The maximum atomic E-state index is 11.5. The van der Waals surface area contributed by atoms with E-state index in [2.05, 4.69) is 28.4 Å². The molecule has 1 saturated heterocycles. The van der Waals surface area contributed by atoms with E-state index in [0.29, 0.717) is 13.1 Å². The van der Waals surface area contributed by atoms with Gasteiger partial charge in [0.2, 0.25) is 0 Å². The normalized spacial score (nSPS) is 14.0. The van der Waals surface area contributed by atoms with E-state index in [1.54, 1.807) is 11.1 Å². The average molecular weight is 406 g/mol. The summed E-state index contributed by atoms with van der Waals surface area (Å²) < 4.78 is 4.74. The molecule has 0 unspecified atom stereocenters. The van der Waals surface area contributed by atoms with Crippen LogP contribution in [0, 0.1) is 6.92 Å². The summed E-state index contributed by atoms with van der Waals surface area (Å²) in [6.07, 6.45) is 2.26. The number of carbonyl (C=O) groups excluding carboxylic acids is 1. The van der Waals surface area contributed by atoms with Gasteiger partial charge < -0.3 is 15.4 Å². The van der Waals surface area contributed by atoms with E-state index < -0.39 is 0 Å². The maximum Gasteiger partial charge on any atom is 0.409 e. The van der Waals surface area contributed by atoms with Crippen LogP contribution in [0.3, 0.4) is 0 Å². The molecule has 1 fully saturated rings. The number of carbonyl (C=O) groups is 1. The first-order valence-electron chi connectivity index (χ1n) is 9.72. The highest BCUT2D eigenvalue weighted by Crippen LogP contribution is 2.22. The first-order valence-corrected chi connectivity index (χ1v) is 9.72. The van der Waals surface area contributed by atoms with Crippen LogP contribution in [0.25, 0.3) is 0 Å². The summed E-state index contributed by atoms with van der Waals surface area (Å²) in [5, 5.41) is 9.18. The summed E-state index contributed by atoms with van der Waals surface area (Å²) in [4.78, 5) is 19.5. The molecule has 2 heterocycles. The minimum absolute atomic E-state index is 0. The van der Waals surface area contributed by atoms with Crippen molar-refractivity contribution < 1.29 is 17.6 Å². The Bertz CT molecular complexity index is 764. The molecule has 1 aliphatic rings. The molecule has 0 radical (unpaired) electrons. The molecule has 0 spiro atoms. The fourth-order valence-corrected chi connectivity index (χ4v) is 3.24. The summed E-state index contributed by atoms with van der Waals surface area (Å²) in [6.45, 7) is 7.87. The number of methoxy groups -OCH3 is 1. The smallest absolute Gasteiger partial charge is 0.409 e. The summed E-state index contributed by atoms with van der Waals surface area (Å²) in [6, 6.07) is 9.62. The van der Waals surface area contributed by atoms with Crippen LogP contribution in [0.15, 0.2) is 36.5 Å². The van der Waals surface area contributed by atoms with Gasteiger partial charge in [0.05, 0.1) is 24.7 Å². The number of hydrogen-bond acceptors (Lipinski definition) is 7. The molecule has 1 aromatic carbocycles. The largest absolute Gasteiger partial charge is 0.453 e. The Kier molecular flexibility index (Phi) is 8.69. The third-order valence-electron chi connectivity index (χ3n) is 4.88. The van der Waals surface area contributed by atoms with E-state index in [9.17, 15) is 10.0 Å². The Labute approximate surface area is 175 Å². The highest BCUT2D eigenvalue weighted by molar-refractivity contribution is 5.67. The highest BCUT2D eigenvalue weighted by atomic mass is 16.5. The molecule has 1 amide bonds. The lowest BCUT2D eigenvalue weighted by Crippen LogP contribution is -2.48. The Morgan fingerprint density at radius 2 is 2.00 bits per heavy atom. The molecule has 0 atom stereocenters. The number of aromatic nitrogens is 1. The van der Waals surface area contributed by atoms with E-state index in [1.807, 2.05) is 31.2 Å². The summed E-state index contributed by atoms with van der Waals surface area (Å²) >= 11 is 0. The first-order chi connectivity index (χ1) is 14.0. The van der Waals surface area contributed by atoms with Crippen LogP contribution in [0.5, 0.6) is 0 Å². The second-order valence-electron chi connectivity index (χ2n) is 6.87. The van der Waals surface area contributed by atoms with Gasteiger partial charge in [-0.3, -0.25) is 20.6 Å². The zero-order valence-corrected chi connectivity index (χ0v) is 17.4. The second-order valence-corrected chi connectivity index (χ2v) is 6.87. The number of nitrogens with zero attached hydrogens (tertiary/aromatic N) is 3. The standard InChI is InChI=1S/C15H23N3O3.C6H8N2.2H2/c1-3-13-12(5-4-6-14(13)16-20)11-17-7-9-18(10-8-17)15(19)21-2;1-5-2-3-6(7)4-8-5;;/h4-6,16,20H,3,7-11H2,1-2H3;2-4H,7H2,1H3;2*1H. The van der Waals surface area contributed by atoms with Gasteiger partial charge in [-0.15, -0.1) is 0 Å². The van der Waals surface area contributed by atoms with Gasteiger partial charge in [-0.1, -0.05) is 19.1 Å². The number of benzene rings is 1. The number of hydrogen-bond donors (Lipinski definition) is 3. The Morgan fingerprint density at radius 1 is 1.28 bits per heavy atom. The number of ether oxygens (including phenoxy) is 1. The third-order valence-corrected chi connectivity index (χ3v) is 4.88. The number of rotatable bonds is 4. The molecule has 1 aliphatic heterocycles. The molecular weight excluding hydrogens is 370 g/mol. The number of nitrogens with one attached hydrogen (secondary N) is 1. The van der Waals surface area contributed by atoms with Crippen LogP contribution in [0.4, 0.5) is 16.2 Å². The molecule has 0 aliphatic carbocycles. The van der Waals surface area contributed by atoms with Crippen molar-refractivity contribution in [3.8, 4) is 0 Å². The molecule has 0 saturated carbocycles. The van der Waals surface area contributed by atoms with Gasteiger partial charge in [0, 0.05) is 41.3 Å². The van der Waals surface area contributed by atoms with Crippen molar-refractivity contribution in [3.05, 3.63) is 53.3 Å². The fraction of sp³-hybridized carbons (Fsp3) is 0.429. The highest BCUT2D eigenvalue weighted by Gasteiger charge is 2.22. The maximum absolute atomic E-state index is 11.5. The van der Waals surface area contributed by atoms with Crippen LogP contribution < -0.4 is 11.2 Å². The molecule has 2 aromatic rings. The number of pyridine rings is 1. The lowest BCUT2D eigenvalue weighted by Gasteiger charge is -2.34. The van der Waals surface area contributed by atoms with E-state index in [0.717, 1.165) is 48.7 Å². The number of aryl methyl sites for hydroxylation is 1. The van der Waals surface area contributed by atoms with Crippen molar-refractivity contribution >= 4 is 17.5 Å². The predicted octanol–water partition coefficient (Wildman–Crippen LogP) is 3.40. The SMILES string of the molecule is CCc1c(CN2CCN(C(=O)OC)CC2)cccc1NO.Cc1ccc(N)cn1.[HH].[HH]. The van der Waals surface area contributed by atoms with Gasteiger partial charge in [-0.2, -0.15) is 0 Å². The molecule has 8 heteroatoms. The van der Waals surface area contributed by atoms with Gasteiger partial charge in [0.25, 0.3) is 0 Å². The molecule has 3 rings (SSSR count). The third kappa shape index (κ3) is 6.62. The van der Waals surface area contributed by atoms with E-state index >= 15 is 0 Å². The number of anilines is 2. The first kappa shape index (κ1) is 22.4. The van der Waals surface area contributed by atoms with Gasteiger partial charge in [0.1, 0.15) is 0 Å². The van der Waals surface area contributed by atoms with Crippen molar-refractivity contribution in [1.29, 1.82) is 0 Å². The number of piperazine rings is 1. The summed E-state index contributed by atoms with van der Waals surface area (Å²) in [5.74, 6) is 0. The van der Waals surface area contributed by atoms with Gasteiger partial charge in [-0.05, 0) is 42.7 Å². The van der Waals surface area contributed by atoms with Crippen molar-refractivity contribution in [1.82, 2.24) is 14.8 Å². The van der Waals surface area contributed by atoms with Crippen LogP contribution in [0.1, 0.15) is 26.6 Å². The lowest BCUT2D eigenvalue weighted by molar-refractivity contribution is 0.0888. The van der Waals surface area contributed by atoms with Crippen LogP contribution in [-0.2, 0) is 17.7 Å². The Balaban J connectivity index is 0.000000764. The van der Waals surface area contributed by atoms with Gasteiger partial charge in [-0.25, -0.2) is 4.79 Å². The zero-order valence-electron chi connectivity index (χ0n) is 17.4. The molecule has 162 valence electrons. The quantitative estimate of drug-likeness (QED) is 0.670. The van der Waals surface area contributed by atoms with Crippen molar-refractivity contribution in [2.45, 2.75) is 26.8 Å². The minimum Gasteiger partial charge on any atom is -0.453 e. The molecule has 0 bridgehead atoms. The summed E-state index contributed by atoms with van der Waals surface area (Å²) in [5.41, 5.74) is 12.5. The van der Waals surface area contributed by atoms with Gasteiger partial charge in [0.15, 0.2) is 0 Å². The number of nitrogen functional groups attached to an aromatic ring is 1.